The van der Waals surface area contributed by atoms with Crippen LogP contribution in [0, 0.1) is 6.92 Å². The Bertz CT molecular complexity index is 739. The van der Waals surface area contributed by atoms with Gasteiger partial charge in [-0.05, 0) is 19.1 Å². The van der Waals surface area contributed by atoms with E-state index in [0.717, 1.165) is 0 Å². The van der Waals surface area contributed by atoms with E-state index in [9.17, 15) is 18.3 Å². The number of aromatic nitrogens is 2. The fourth-order valence-corrected chi connectivity index (χ4v) is 2.27. The van der Waals surface area contributed by atoms with Crippen molar-refractivity contribution in [2.45, 2.75) is 25.2 Å². The van der Waals surface area contributed by atoms with E-state index in [-0.39, 0.29) is 23.2 Å². The van der Waals surface area contributed by atoms with Crippen LogP contribution in [0.4, 0.5) is 24.9 Å². The standard InChI is InChI=1S/C13H12F3N5O2/c1-7-5-10(19-11(17)18-7)21-12(22,13(14,15)16)6-8(20-21)9-3-2-4-23-9/h2-5,22H,6H2,1H3,(H2,17,18,19). The summed E-state index contributed by atoms with van der Waals surface area (Å²) in [6.07, 6.45) is -4.47. The summed E-state index contributed by atoms with van der Waals surface area (Å²) in [6.45, 7) is 1.54. The zero-order valence-electron chi connectivity index (χ0n) is 11.9. The zero-order valence-corrected chi connectivity index (χ0v) is 11.9. The topological polar surface area (TPSA) is 101 Å². The van der Waals surface area contributed by atoms with Crippen LogP contribution >= 0.6 is 0 Å². The van der Waals surface area contributed by atoms with Crippen LogP contribution in [-0.2, 0) is 0 Å². The van der Waals surface area contributed by atoms with Gasteiger partial charge in [0.2, 0.25) is 5.95 Å². The molecule has 0 saturated carbocycles. The Balaban J connectivity index is 2.12. The van der Waals surface area contributed by atoms with Crippen LogP contribution in [0.2, 0.25) is 0 Å². The number of hydrogen-bond donors (Lipinski definition) is 2. The second-order valence-corrected chi connectivity index (χ2v) is 5.05. The lowest BCUT2D eigenvalue weighted by Crippen LogP contribution is -2.55. The Hall–Kier alpha value is -2.62. The van der Waals surface area contributed by atoms with Crippen LogP contribution in [0.5, 0.6) is 0 Å². The molecule has 1 atom stereocenters. The van der Waals surface area contributed by atoms with Gasteiger partial charge in [0.25, 0.3) is 5.72 Å². The molecular formula is C13H12F3N5O2. The van der Waals surface area contributed by atoms with Gasteiger partial charge >= 0.3 is 6.18 Å². The Morgan fingerprint density at radius 3 is 2.70 bits per heavy atom. The van der Waals surface area contributed by atoms with E-state index in [0.29, 0.717) is 10.7 Å². The number of nitrogens with zero attached hydrogens (tertiary/aromatic N) is 4. The summed E-state index contributed by atoms with van der Waals surface area (Å²) < 4.78 is 45.3. The van der Waals surface area contributed by atoms with Crippen molar-refractivity contribution in [3.63, 3.8) is 0 Å². The Kier molecular flexibility index (Phi) is 3.29. The van der Waals surface area contributed by atoms with Crippen LogP contribution in [0.1, 0.15) is 17.9 Å². The number of nitrogen functional groups attached to an aromatic ring is 1. The molecule has 0 bridgehead atoms. The summed E-state index contributed by atoms with van der Waals surface area (Å²) in [7, 11) is 0. The van der Waals surface area contributed by atoms with Gasteiger partial charge in [-0.2, -0.15) is 23.3 Å². The maximum absolute atomic E-state index is 13.4. The maximum Gasteiger partial charge on any atom is 0.438 e. The summed E-state index contributed by atoms with van der Waals surface area (Å²) in [5, 5.41) is 14.5. The molecule has 2 aromatic rings. The van der Waals surface area contributed by atoms with E-state index in [1.807, 2.05) is 0 Å². The molecule has 2 aromatic heterocycles. The number of halogens is 3. The van der Waals surface area contributed by atoms with Crippen molar-refractivity contribution >= 4 is 17.5 Å². The number of hydrogen-bond acceptors (Lipinski definition) is 7. The van der Waals surface area contributed by atoms with Crippen LogP contribution < -0.4 is 10.7 Å². The van der Waals surface area contributed by atoms with Crippen LogP contribution in [0.3, 0.4) is 0 Å². The third-order valence-corrected chi connectivity index (χ3v) is 3.32. The molecule has 10 heteroatoms. The normalized spacial score (nSPS) is 21.6. The van der Waals surface area contributed by atoms with E-state index in [1.54, 1.807) is 6.92 Å². The maximum atomic E-state index is 13.4. The van der Waals surface area contributed by atoms with Crippen molar-refractivity contribution in [3.05, 3.63) is 35.9 Å². The molecule has 0 spiro atoms. The van der Waals surface area contributed by atoms with Crippen molar-refractivity contribution in [1.29, 1.82) is 0 Å². The monoisotopic (exact) mass is 327 g/mol. The minimum Gasteiger partial charge on any atom is -0.463 e. The lowest BCUT2D eigenvalue weighted by Gasteiger charge is -2.33. The van der Waals surface area contributed by atoms with E-state index in [4.69, 9.17) is 10.2 Å². The summed E-state index contributed by atoms with van der Waals surface area (Å²) in [5.74, 6) is -0.337. The molecule has 0 aromatic carbocycles. The first-order chi connectivity index (χ1) is 10.7. The third-order valence-electron chi connectivity index (χ3n) is 3.32. The molecule has 0 radical (unpaired) electrons. The van der Waals surface area contributed by atoms with E-state index >= 15 is 0 Å². The Morgan fingerprint density at radius 2 is 2.13 bits per heavy atom. The number of furan rings is 1. The molecule has 0 aliphatic carbocycles. The fourth-order valence-electron chi connectivity index (χ4n) is 2.27. The molecule has 1 aliphatic heterocycles. The molecule has 3 rings (SSSR count). The number of aryl methyl sites for hydroxylation is 1. The number of rotatable bonds is 2. The van der Waals surface area contributed by atoms with Gasteiger partial charge in [-0.1, -0.05) is 0 Å². The van der Waals surface area contributed by atoms with Gasteiger partial charge in [-0.3, -0.25) is 0 Å². The summed E-state index contributed by atoms with van der Waals surface area (Å²) >= 11 is 0. The van der Waals surface area contributed by atoms with Gasteiger partial charge in [-0.15, -0.1) is 0 Å². The summed E-state index contributed by atoms with van der Waals surface area (Å²) in [4.78, 5) is 7.53. The molecule has 23 heavy (non-hydrogen) atoms. The SMILES string of the molecule is Cc1cc(N2N=C(c3ccco3)CC2(O)C(F)(F)F)nc(N)n1. The van der Waals surface area contributed by atoms with Gasteiger partial charge in [-0.25, -0.2) is 9.99 Å². The predicted molar refractivity (Wildman–Crippen MR) is 74.5 cm³/mol. The molecule has 122 valence electrons. The first kappa shape index (κ1) is 15.3. The van der Waals surface area contributed by atoms with E-state index < -0.39 is 18.3 Å². The Morgan fingerprint density at radius 1 is 1.39 bits per heavy atom. The highest BCUT2D eigenvalue weighted by atomic mass is 19.4. The van der Waals surface area contributed by atoms with Gasteiger partial charge < -0.3 is 15.3 Å². The van der Waals surface area contributed by atoms with Crippen molar-refractivity contribution in [2.75, 3.05) is 10.7 Å². The minimum absolute atomic E-state index is 0.0512. The smallest absolute Gasteiger partial charge is 0.438 e. The number of hydrazone groups is 1. The molecular weight excluding hydrogens is 315 g/mol. The molecule has 3 heterocycles. The molecule has 3 N–H and O–H groups in total. The number of nitrogens with two attached hydrogens (primary N) is 1. The van der Waals surface area contributed by atoms with E-state index in [1.165, 1.54) is 24.5 Å². The number of alkyl halides is 3. The fraction of sp³-hybridized carbons (Fsp3) is 0.308. The molecule has 0 saturated heterocycles. The summed E-state index contributed by atoms with van der Waals surface area (Å²) in [6, 6.07) is 4.22. The molecule has 1 unspecified atom stereocenters. The van der Waals surface area contributed by atoms with Crippen LogP contribution in [-0.4, -0.2) is 32.7 Å². The van der Waals surface area contributed by atoms with Crippen molar-refractivity contribution in [3.8, 4) is 0 Å². The third kappa shape index (κ3) is 2.50. The number of anilines is 2. The first-order valence-electron chi connectivity index (χ1n) is 6.52. The molecule has 0 fully saturated rings. The quantitative estimate of drug-likeness (QED) is 0.872. The first-order valence-corrected chi connectivity index (χ1v) is 6.52. The number of aliphatic hydroxyl groups is 1. The summed E-state index contributed by atoms with van der Waals surface area (Å²) in [5.41, 5.74) is 2.52. The van der Waals surface area contributed by atoms with Crippen molar-refractivity contribution < 1.29 is 22.7 Å². The highest BCUT2D eigenvalue weighted by Crippen LogP contribution is 2.43. The highest BCUT2D eigenvalue weighted by Gasteiger charge is 2.62. The van der Waals surface area contributed by atoms with Crippen LogP contribution in [0.15, 0.2) is 34.0 Å². The average Bonchev–Trinajstić information content (AvgIpc) is 3.04. The Labute approximate surface area is 128 Å². The lowest BCUT2D eigenvalue weighted by molar-refractivity contribution is -0.254. The minimum atomic E-state index is -4.97. The van der Waals surface area contributed by atoms with Crippen molar-refractivity contribution in [2.24, 2.45) is 5.10 Å². The van der Waals surface area contributed by atoms with Gasteiger partial charge in [0, 0.05) is 11.8 Å². The highest BCUT2D eigenvalue weighted by molar-refractivity contribution is 6.01. The molecule has 0 amide bonds. The second-order valence-electron chi connectivity index (χ2n) is 5.05. The van der Waals surface area contributed by atoms with E-state index in [2.05, 4.69) is 15.1 Å². The predicted octanol–water partition coefficient (Wildman–Crippen LogP) is 1.83. The second kappa shape index (κ2) is 4.95. The average molecular weight is 327 g/mol. The van der Waals surface area contributed by atoms with Crippen LogP contribution in [0.25, 0.3) is 0 Å². The zero-order chi connectivity index (χ0) is 16.8. The molecule has 7 nitrogen and oxygen atoms in total. The molecule has 1 aliphatic rings. The van der Waals surface area contributed by atoms with Gasteiger partial charge in [0.05, 0.1) is 12.7 Å². The lowest BCUT2D eigenvalue weighted by atomic mass is 10.1. The van der Waals surface area contributed by atoms with Crippen molar-refractivity contribution in [1.82, 2.24) is 9.97 Å². The largest absolute Gasteiger partial charge is 0.463 e. The van der Waals surface area contributed by atoms with Gasteiger partial charge in [0.15, 0.2) is 5.82 Å². The van der Waals surface area contributed by atoms with Gasteiger partial charge in [0.1, 0.15) is 11.5 Å².